The molecule has 0 amide bonds. The molecule has 0 bridgehead atoms. The quantitative estimate of drug-likeness (QED) is 0.216. The van der Waals surface area contributed by atoms with Gasteiger partial charge in [0, 0.05) is 18.4 Å². The van der Waals surface area contributed by atoms with Gasteiger partial charge in [-0.3, -0.25) is 4.79 Å². The Hall–Kier alpha value is -3.17. The molecule has 1 fully saturated rings. The zero-order chi connectivity index (χ0) is 25.7. The number of benzene rings is 1. The second-order valence-corrected chi connectivity index (χ2v) is 11.5. The molecule has 0 aliphatic heterocycles. The molecule has 3 aromatic heterocycles. The molecule has 8 nitrogen and oxygen atoms in total. The molecule has 2 atom stereocenters. The molecule has 6 rings (SSSR count). The van der Waals surface area contributed by atoms with E-state index in [1.807, 2.05) is 42.1 Å². The number of fused-ring (bicyclic) bond motifs is 2. The largest absolute Gasteiger partial charge is 0.399 e. The Kier molecular flexibility index (Phi) is 6.07. The van der Waals surface area contributed by atoms with E-state index < -0.39 is 5.60 Å². The molecule has 192 valence electrons. The van der Waals surface area contributed by atoms with Gasteiger partial charge in [0.2, 0.25) is 0 Å². The van der Waals surface area contributed by atoms with Crippen molar-refractivity contribution in [2.45, 2.75) is 62.8 Å². The van der Waals surface area contributed by atoms with E-state index in [4.69, 9.17) is 10.7 Å². The van der Waals surface area contributed by atoms with E-state index in [0.717, 1.165) is 37.8 Å². The van der Waals surface area contributed by atoms with Gasteiger partial charge in [0.25, 0.3) is 5.56 Å². The Balaban J connectivity index is 1.35. The number of aromatic nitrogens is 5. The molecule has 2 unspecified atom stereocenters. The number of aryl methyl sites for hydroxylation is 1. The van der Waals surface area contributed by atoms with Crippen LogP contribution in [0.1, 0.15) is 49.4 Å². The third-order valence-electron chi connectivity index (χ3n) is 7.71. The molecule has 3 heterocycles. The van der Waals surface area contributed by atoms with Gasteiger partial charge in [0.05, 0.1) is 5.69 Å². The molecule has 4 aromatic rings. The van der Waals surface area contributed by atoms with E-state index >= 15 is 0 Å². The number of aliphatic hydroxyl groups is 1. The lowest BCUT2D eigenvalue weighted by molar-refractivity contribution is 0.0235. The normalized spacial score (nSPS) is 19.1. The minimum atomic E-state index is -1.12. The summed E-state index contributed by atoms with van der Waals surface area (Å²) in [5.74, 6) is 1.40. The average Bonchev–Trinajstić information content (AvgIpc) is 3.67. The van der Waals surface area contributed by atoms with Gasteiger partial charge in [0.15, 0.2) is 16.6 Å². The van der Waals surface area contributed by atoms with Gasteiger partial charge in [-0.05, 0) is 98.9 Å². The van der Waals surface area contributed by atoms with Crippen LogP contribution in [0.2, 0.25) is 0 Å². The number of pyridine rings is 1. The van der Waals surface area contributed by atoms with Crippen molar-refractivity contribution < 1.29 is 5.11 Å². The van der Waals surface area contributed by atoms with Crippen LogP contribution < -0.4 is 11.3 Å². The number of hydrogen-bond acceptors (Lipinski definition) is 7. The number of nitrogens with two attached hydrogens (primary N) is 1. The zero-order valence-corrected chi connectivity index (χ0v) is 22.0. The summed E-state index contributed by atoms with van der Waals surface area (Å²) >= 11 is 1.44. The predicted molar refractivity (Wildman–Crippen MR) is 146 cm³/mol. The van der Waals surface area contributed by atoms with Gasteiger partial charge in [0.1, 0.15) is 11.0 Å². The van der Waals surface area contributed by atoms with E-state index in [2.05, 4.69) is 22.1 Å². The monoisotopic (exact) mass is 516 g/mol. The fourth-order valence-corrected chi connectivity index (χ4v) is 5.92. The van der Waals surface area contributed by atoms with Crippen molar-refractivity contribution in [2.75, 3.05) is 12.0 Å². The van der Waals surface area contributed by atoms with Crippen molar-refractivity contribution in [1.82, 2.24) is 24.3 Å². The highest BCUT2D eigenvalue weighted by atomic mass is 32.2. The van der Waals surface area contributed by atoms with Crippen LogP contribution in [0.5, 0.6) is 0 Å². The standard InChI is InChI=1S/C28H32N6O2S/c1-28(36,14-18-8-9-19-10-11-21(29)13-20(19)12-18)23-4-3-5-24(31-23)34-25-22(15-30-27(32-25)37-2)26(35)33(34)16-17-6-7-17/h3-5,10-11,13,15,17-18,36H,6-9,12,14,16,29H2,1-2H3. The van der Waals surface area contributed by atoms with E-state index in [0.29, 0.717) is 52.5 Å². The Bertz CT molecular complexity index is 1540. The number of nitrogen functional groups attached to an aromatic ring is 1. The summed E-state index contributed by atoms with van der Waals surface area (Å²) in [6, 6.07) is 11.8. The minimum absolute atomic E-state index is 0.103. The Labute approximate surface area is 219 Å². The third-order valence-corrected chi connectivity index (χ3v) is 8.28. The lowest BCUT2D eigenvalue weighted by Gasteiger charge is -2.31. The highest BCUT2D eigenvalue weighted by Gasteiger charge is 2.32. The summed E-state index contributed by atoms with van der Waals surface area (Å²) in [4.78, 5) is 27.2. The minimum Gasteiger partial charge on any atom is -0.399 e. The van der Waals surface area contributed by atoms with E-state index in [9.17, 15) is 9.90 Å². The maximum Gasteiger partial charge on any atom is 0.278 e. The first-order chi connectivity index (χ1) is 17.8. The summed E-state index contributed by atoms with van der Waals surface area (Å²) in [6.45, 7) is 2.46. The number of thioether (sulfide) groups is 1. The smallest absolute Gasteiger partial charge is 0.278 e. The highest BCUT2D eigenvalue weighted by molar-refractivity contribution is 7.98. The van der Waals surface area contributed by atoms with Crippen LogP contribution in [0, 0.1) is 11.8 Å². The van der Waals surface area contributed by atoms with Crippen molar-refractivity contribution in [2.24, 2.45) is 11.8 Å². The Morgan fingerprint density at radius 2 is 1.97 bits per heavy atom. The summed E-state index contributed by atoms with van der Waals surface area (Å²) in [7, 11) is 0. The molecule has 0 spiro atoms. The van der Waals surface area contributed by atoms with Crippen LogP contribution in [0.15, 0.2) is 52.5 Å². The van der Waals surface area contributed by atoms with Gasteiger partial charge in [-0.25, -0.2) is 24.3 Å². The molecule has 37 heavy (non-hydrogen) atoms. The lowest BCUT2D eigenvalue weighted by Crippen LogP contribution is -2.30. The highest BCUT2D eigenvalue weighted by Crippen LogP contribution is 2.36. The number of rotatable bonds is 7. The maximum atomic E-state index is 13.3. The number of anilines is 1. The molecular formula is C28H32N6O2S. The molecule has 0 radical (unpaired) electrons. The summed E-state index contributed by atoms with van der Waals surface area (Å²) in [6.07, 6.45) is 9.27. The van der Waals surface area contributed by atoms with Crippen LogP contribution in [-0.4, -0.2) is 35.7 Å². The van der Waals surface area contributed by atoms with Crippen molar-refractivity contribution in [1.29, 1.82) is 0 Å². The van der Waals surface area contributed by atoms with E-state index in [1.54, 1.807) is 10.9 Å². The van der Waals surface area contributed by atoms with E-state index in [1.165, 1.54) is 22.9 Å². The van der Waals surface area contributed by atoms with Gasteiger partial charge in [-0.1, -0.05) is 23.9 Å². The SMILES string of the molecule is CSc1ncc2c(=O)n(CC3CC3)n(-c3cccc(C(C)(O)CC4CCc5ccc(N)cc5C4)n3)c2n1. The van der Waals surface area contributed by atoms with Gasteiger partial charge < -0.3 is 10.8 Å². The summed E-state index contributed by atoms with van der Waals surface area (Å²) in [5.41, 5.74) is 9.36. The van der Waals surface area contributed by atoms with E-state index in [-0.39, 0.29) is 5.56 Å². The van der Waals surface area contributed by atoms with Crippen LogP contribution >= 0.6 is 11.8 Å². The van der Waals surface area contributed by atoms with Gasteiger partial charge in [-0.2, -0.15) is 0 Å². The summed E-state index contributed by atoms with van der Waals surface area (Å²) in [5, 5.41) is 12.7. The topological polar surface area (TPSA) is 112 Å². The fraction of sp³-hybridized carbons (Fsp3) is 0.429. The lowest BCUT2D eigenvalue weighted by atomic mass is 9.77. The number of hydrogen-bond donors (Lipinski definition) is 2. The molecule has 3 N–H and O–H groups in total. The molecule has 9 heteroatoms. The third kappa shape index (κ3) is 4.66. The van der Waals surface area contributed by atoms with Crippen molar-refractivity contribution in [3.05, 3.63) is 69.8 Å². The molecule has 2 aliphatic carbocycles. The van der Waals surface area contributed by atoms with Crippen molar-refractivity contribution in [3.63, 3.8) is 0 Å². The Morgan fingerprint density at radius 1 is 1.14 bits per heavy atom. The van der Waals surface area contributed by atoms with Crippen molar-refractivity contribution in [3.8, 4) is 5.82 Å². The molecule has 1 aromatic carbocycles. The molecular weight excluding hydrogens is 484 g/mol. The van der Waals surface area contributed by atoms with Crippen molar-refractivity contribution >= 4 is 28.5 Å². The fourth-order valence-electron chi connectivity index (χ4n) is 5.59. The first-order valence-corrected chi connectivity index (χ1v) is 14.1. The van der Waals surface area contributed by atoms with Crippen LogP contribution in [0.4, 0.5) is 5.69 Å². The van der Waals surface area contributed by atoms with Crippen LogP contribution in [0.3, 0.4) is 0 Å². The van der Waals surface area contributed by atoms with Crippen LogP contribution in [0.25, 0.3) is 16.9 Å². The second-order valence-electron chi connectivity index (χ2n) is 10.7. The first kappa shape index (κ1) is 24.2. The second kappa shape index (κ2) is 9.29. The van der Waals surface area contributed by atoms with Gasteiger partial charge in [-0.15, -0.1) is 0 Å². The molecule has 2 aliphatic rings. The Morgan fingerprint density at radius 3 is 2.76 bits per heavy atom. The zero-order valence-electron chi connectivity index (χ0n) is 21.2. The van der Waals surface area contributed by atoms with Gasteiger partial charge >= 0.3 is 0 Å². The predicted octanol–water partition coefficient (Wildman–Crippen LogP) is 4.09. The van der Waals surface area contributed by atoms with Crippen LogP contribution in [-0.2, 0) is 25.0 Å². The first-order valence-electron chi connectivity index (χ1n) is 12.9. The summed E-state index contributed by atoms with van der Waals surface area (Å²) < 4.78 is 3.56. The molecule has 1 saturated carbocycles. The maximum absolute atomic E-state index is 13.3. The average molecular weight is 517 g/mol. The molecule has 0 saturated heterocycles. The number of nitrogens with zero attached hydrogens (tertiary/aromatic N) is 5.